The Morgan fingerprint density at radius 2 is 2.29 bits per heavy atom. The Bertz CT molecular complexity index is 533. The fraction of sp³-hybridized carbons (Fsp3) is 0.308. The Morgan fingerprint density at radius 1 is 1.47 bits per heavy atom. The maximum atomic E-state index is 11.5. The maximum absolute atomic E-state index is 11.5. The summed E-state index contributed by atoms with van der Waals surface area (Å²) in [5.74, 6) is -0.178. The molecule has 0 radical (unpaired) electrons. The van der Waals surface area contributed by atoms with E-state index in [9.17, 15) is 4.79 Å². The summed E-state index contributed by atoms with van der Waals surface area (Å²) in [7, 11) is 0. The SMILES string of the molecule is CCOC(=O)Cc1c[nH]c2ccc(SC)cc12. The molecule has 0 atom stereocenters. The molecule has 0 aliphatic heterocycles. The summed E-state index contributed by atoms with van der Waals surface area (Å²) >= 11 is 1.69. The van der Waals surface area contributed by atoms with Crippen LogP contribution in [-0.2, 0) is 16.0 Å². The molecule has 0 aliphatic rings. The second kappa shape index (κ2) is 5.27. The smallest absolute Gasteiger partial charge is 0.310 e. The van der Waals surface area contributed by atoms with Crippen LogP contribution in [0, 0.1) is 0 Å². The van der Waals surface area contributed by atoms with Crippen LogP contribution in [0.25, 0.3) is 10.9 Å². The molecule has 4 heteroatoms. The predicted octanol–water partition coefficient (Wildman–Crippen LogP) is 3.00. The summed E-state index contributed by atoms with van der Waals surface area (Å²) in [5.41, 5.74) is 2.05. The second-order valence-corrected chi connectivity index (χ2v) is 4.59. The third-order valence-electron chi connectivity index (χ3n) is 2.61. The van der Waals surface area contributed by atoms with Gasteiger partial charge in [-0.2, -0.15) is 0 Å². The van der Waals surface area contributed by atoms with E-state index in [1.807, 2.05) is 25.4 Å². The van der Waals surface area contributed by atoms with Crippen molar-refractivity contribution < 1.29 is 9.53 Å². The predicted molar refractivity (Wildman–Crippen MR) is 70.4 cm³/mol. The van der Waals surface area contributed by atoms with Gasteiger partial charge in [-0.15, -0.1) is 11.8 Å². The summed E-state index contributed by atoms with van der Waals surface area (Å²) in [6.07, 6.45) is 4.25. The summed E-state index contributed by atoms with van der Waals surface area (Å²) in [4.78, 5) is 15.8. The van der Waals surface area contributed by atoms with Crippen LogP contribution in [0.15, 0.2) is 29.3 Å². The zero-order valence-electron chi connectivity index (χ0n) is 9.95. The van der Waals surface area contributed by atoms with Crippen LogP contribution in [0.2, 0.25) is 0 Å². The molecule has 0 saturated carbocycles. The van der Waals surface area contributed by atoms with Crippen LogP contribution in [0.1, 0.15) is 12.5 Å². The number of nitrogens with one attached hydrogen (secondary N) is 1. The molecule has 0 amide bonds. The third-order valence-corrected chi connectivity index (χ3v) is 3.34. The average molecular weight is 249 g/mol. The van der Waals surface area contributed by atoms with Crippen LogP contribution in [0.4, 0.5) is 0 Å². The number of hydrogen-bond donors (Lipinski definition) is 1. The number of fused-ring (bicyclic) bond motifs is 1. The zero-order chi connectivity index (χ0) is 12.3. The second-order valence-electron chi connectivity index (χ2n) is 3.71. The number of aromatic amines is 1. The van der Waals surface area contributed by atoms with E-state index < -0.39 is 0 Å². The van der Waals surface area contributed by atoms with Gasteiger partial charge in [-0.1, -0.05) is 0 Å². The van der Waals surface area contributed by atoms with E-state index in [4.69, 9.17) is 4.74 Å². The molecule has 0 saturated heterocycles. The van der Waals surface area contributed by atoms with E-state index >= 15 is 0 Å². The standard InChI is InChI=1S/C13H15NO2S/c1-3-16-13(15)6-9-8-14-12-5-4-10(17-2)7-11(9)12/h4-5,7-8,14H,3,6H2,1-2H3. The van der Waals surface area contributed by atoms with Crippen molar-refractivity contribution in [3.63, 3.8) is 0 Å². The molecule has 1 heterocycles. The van der Waals surface area contributed by atoms with Gasteiger partial charge in [-0.3, -0.25) is 4.79 Å². The molecule has 0 bridgehead atoms. The van der Waals surface area contributed by atoms with Crippen molar-refractivity contribution in [1.29, 1.82) is 0 Å². The number of carbonyl (C=O) groups excluding carboxylic acids is 1. The first-order valence-electron chi connectivity index (χ1n) is 5.54. The van der Waals surface area contributed by atoms with Crippen LogP contribution in [0.5, 0.6) is 0 Å². The molecule has 0 aliphatic carbocycles. The Kier molecular flexibility index (Phi) is 3.74. The van der Waals surface area contributed by atoms with Gasteiger partial charge in [0, 0.05) is 22.0 Å². The van der Waals surface area contributed by atoms with Gasteiger partial charge in [0.15, 0.2) is 0 Å². The summed E-state index contributed by atoms with van der Waals surface area (Å²) in [6.45, 7) is 2.25. The Hall–Kier alpha value is -1.42. The fourth-order valence-corrected chi connectivity index (χ4v) is 2.24. The van der Waals surface area contributed by atoms with Crippen molar-refractivity contribution in [2.24, 2.45) is 0 Å². The lowest BCUT2D eigenvalue weighted by Gasteiger charge is -2.01. The van der Waals surface area contributed by atoms with Crippen LogP contribution >= 0.6 is 11.8 Å². The van der Waals surface area contributed by atoms with Gasteiger partial charge in [0.2, 0.25) is 0 Å². The summed E-state index contributed by atoms with van der Waals surface area (Å²) in [5, 5.41) is 1.10. The molecule has 1 N–H and O–H groups in total. The summed E-state index contributed by atoms with van der Waals surface area (Å²) < 4.78 is 4.96. The molecule has 0 unspecified atom stereocenters. The molecule has 0 fully saturated rings. The van der Waals surface area contributed by atoms with Gasteiger partial charge in [-0.25, -0.2) is 0 Å². The van der Waals surface area contributed by atoms with Crippen molar-refractivity contribution >= 4 is 28.6 Å². The van der Waals surface area contributed by atoms with Crippen molar-refractivity contribution in [2.45, 2.75) is 18.2 Å². The van der Waals surface area contributed by atoms with Crippen molar-refractivity contribution in [3.05, 3.63) is 30.0 Å². The average Bonchev–Trinajstić information content (AvgIpc) is 2.72. The van der Waals surface area contributed by atoms with E-state index in [0.29, 0.717) is 13.0 Å². The van der Waals surface area contributed by atoms with Gasteiger partial charge >= 0.3 is 5.97 Å². The first-order chi connectivity index (χ1) is 8.24. The first kappa shape index (κ1) is 12.0. The topological polar surface area (TPSA) is 42.1 Å². The number of H-pyrrole nitrogens is 1. The van der Waals surface area contributed by atoms with Crippen LogP contribution < -0.4 is 0 Å². The molecule has 1 aromatic heterocycles. The molecule has 90 valence electrons. The van der Waals surface area contributed by atoms with Crippen LogP contribution in [-0.4, -0.2) is 23.8 Å². The highest BCUT2D eigenvalue weighted by molar-refractivity contribution is 7.98. The molecular formula is C13H15NO2S. The van der Waals surface area contributed by atoms with E-state index in [1.165, 1.54) is 4.90 Å². The Labute approximate surface area is 105 Å². The normalized spacial score (nSPS) is 10.7. The lowest BCUT2D eigenvalue weighted by Crippen LogP contribution is -2.06. The van der Waals surface area contributed by atoms with Crippen molar-refractivity contribution in [3.8, 4) is 0 Å². The fourth-order valence-electron chi connectivity index (χ4n) is 1.80. The minimum Gasteiger partial charge on any atom is -0.466 e. The molecular weight excluding hydrogens is 234 g/mol. The highest BCUT2D eigenvalue weighted by atomic mass is 32.2. The molecule has 0 spiro atoms. The van der Waals surface area contributed by atoms with Gasteiger partial charge < -0.3 is 9.72 Å². The van der Waals surface area contributed by atoms with Gasteiger partial charge in [0.05, 0.1) is 13.0 Å². The minimum atomic E-state index is -0.178. The number of rotatable bonds is 4. The molecule has 2 rings (SSSR count). The number of benzene rings is 1. The number of aromatic nitrogens is 1. The third kappa shape index (κ3) is 2.64. The Balaban J connectivity index is 2.30. The lowest BCUT2D eigenvalue weighted by atomic mass is 10.1. The van der Waals surface area contributed by atoms with Crippen molar-refractivity contribution in [1.82, 2.24) is 4.98 Å². The number of carbonyl (C=O) groups is 1. The lowest BCUT2D eigenvalue weighted by molar-refractivity contribution is -0.142. The molecule has 3 nitrogen and oxygen atoms in total. The Morgan fingerprint density at radius 3 is 3.00 bits per heavy atom. The number of hydrogen-bond acceptors (Lipinski definition) is 3. The van der Waals surface area contributed by atoms with Gasteiger partial charge in [0.1, 0.15) is 0 Å². The summed E-state index contributed by atoms with van der Waals surface area (Å²) in [6, 6.07) is 6.21. The zero-order valence-corrected chi connectivity index (χ0v) is 10.8. The van der Waals surface area contributed by atoms with Gasteiger partial charge in [0.25, 0.3) is 0 Å². The maximum Gasteiger partial charge on any atom is 0.310 e. The van der Waals surface area contributed by atoms with Gasteiger partial charge in [-0.05, 0) is 36.9 Å². The number of thioether (sulfide) groups is 1. The molecule has 17 heavy (non-hydrogen) atoms. The van der Waals surface area contributed by atoms with E-state index in [2.05, 4.69) is 17.1 Å². The monoisotopic (exact) mass is 249 g/mol. The number of esters is 1. The quantitative estimate of drug-likeness (QED) is 0.669. The molecule has 1 aromatic carbocycles. The van der Waals surface area contributed by atoms with Crippen molar-refractivity contribution in [2.75, 3.05) is 12.9 Å². The van der Waals surface area contributed by atoms with E-state index in [0.717, 1.165) is 16.5 Å². The highest BCUT2D eigenvalue weighted by Crippen LogP contribution is 2.24. The number of ether oxygens (including phenoxy) is 1. The van der Waals surface area contributed by atoms with Crippen LogP contribution in [0.3, 0.4) is 0 Å². The van der Waals surface area contributed by atoms with E-state index in [1.54, 1.807) is 11.8 Å². The minimum absolute atomic E-state index is 0.178. The first-order valence-corrected chi connectivity index (χ1v) is 6.76. The largest absolute Gasteiger partial charge is 0.466 e. The van der Waals surface area contributed by atoms with E-state index in [-0.39, 0.29) is 5.97 Å². The molecule has 2 aromatic rings. The highest BCUT2D eigenvalue weighted by Gasteiger charge is 2.09.